The average molecular weight is 286 g/mol. The first kappa shape index (κ1) is 14.7. The summed E-state index contributed by atoms with van der Waals surface area (Å²) in [6.45, 7) is 6.95. The van der Waals surface area contributed by atoms with Crippen LogP contribution >= 0.6 is 11.3 Å². The summed E-state index contributed by atoms with van der Waals surface area (Å²) in [7, 11) is 1.61. The number of methoxy groups -OCH3 is 1. The van der Waals surface area contributed by atoms with Crippen molar-refractivity contribution in [2.75, 3.05) is 7.11 Å². The Kier molecular flexibility index (Phi) is 4.22. The van der Waals surface area contributed by atoms with Crippen LogP contribution in [0.3, 0.4) is 0 Å². The lowest BCUT2D eigenvalue weighted by Crippen LogP contribution is -2.10. The van der Waals surface area contributed by atoms with Crippen LogP contribution in [0.1, 0.15) is 36.9 Å². The summed E-state index contributed by atoms with van der Waals surface area (Å²) in [6, 6.07) is 10.6. The Labute approximate surface area is 123 Å². The SMILES string of the molecule is COCc1nc(-c2ccc(C(C)(C)C)cc2)sc1C#N. The molecular weight excluding hydrogens is 268 g/mol. The van der Waals surface area contributed by atoms with E-state index in [1.807, 2.05) is 0 Å². The van der Waals surface area contributed by atoms with Gasteiger partial charge in [0.2, 0.25) is 0 Å². The van der Waals surface area contributed by atoms with Crippen molar-refractivity contribution < 1.29 is 4.74 Å². The van der Waals surface area contributed by atoms with E-state index in [0.29, 0.717) is 11.5 Å². The third-order valence-electron chi connectivity index (χ3n) is 3.08. The number of nitriles is 1. The predicted molar refractivity (Wildman–Crippen MR) is 81.7 cm³/mol. The summed E-state index contributed by atoms with van der Waals surface area (Å²) in [5.74, 6) is 0. The first-order valence-electron chi connectivity index (χ1n) is 6.45. The molecule has 0 fully saturated rings. The molecule has 0 saturated carbocycles. The van der Waals surface area contributed by atoms with E-state index in [2.05, 4.69) is 56.1 Å². The second kappa shape index (κ2) is 5.74. The molecule has 0 N–H and O–H groups in total. The standard InChI is InChI=1S/C16H18N2OS/c1-16(2,3)12-7-5-11(6-8-12)15-18-13(10-19-4)14(9-17)20-15/h5-8H,10H2,1-4H3. The minimum absolute atomic E-state index is 0.139. The summed E-state index contributed by atoms with van der Waals surface area (Å²) in [6.07, 6.45) is 0. The molecule has 0 aliphatic rings. The van der Waals surface area contributed by atoms with E-state index in [1.165, 1.54) is 16.9 Å². The Hall–Kier alpha value is -1.70. The van der Waals surface area contributed by atoms with Crippen LogP contribution < -0.4 is 0 Å². The highest BCUT2D eigenvalue weighted by Crippen LogP contribution is 2.30. The Morgan fingerprint density at radius 3 is 2.40 bits per heavy atom. The lowest BCUT2D eigenvalue weighted by atomic mass is 9.87. The highest BCUT2D eigenvalue weighted by molar-refractivity contribution is 7.15. The highest BCUT2D eigenvalue weighted by Gasteiger charge is 2.15. The zero-order chi connectivity index (χ0) is 14.8. The summed E-state index contributed by atoms with van der Waals surface area (Å²) in [4.78, 5) is 5.13. The number of hydrogen-bond donors (Lipinski definition) is 0. The molecule has 2 aromatic rings. The van der Waals surface area contributed by atoms with Gasteiger partial charge in [0, 0.05) is 12.7 Å². The van der Waals surface area contributed by atoms with Crippen LogP contribution in [-0.4, -0.2) is 12.1 Å². The predicted octanol–water partition coefficient (Wildman–Crippen LogP) is 4.13. The number of rotatable bonds is 3. The average Bonchev–Trinajstić information content (AvgIpc) is 2.81. The number of hydrogen-bond acceptors (Lipinski definition) is 4. The van der Waals surface area contributed by atoms with Gasteiger partial charge in [-0.25, -0.2) is 4.98 Å². The summed E-state index contributed by atoms with van der Waals surface area (Å²) in [5, 5.41) is 9.99. The van der Waals surface area contributed by atoms with Crippen molar-refractivity contribution in [3.05, 3.63) is 40.4 Å². The van der Waals surface area contributed by atoms with Crippen molar-refractivity contribution in [3.8, 4) is 16.6 Å². The molecule has 1 aromatic carbocycles. The van der Waals surface area contributed by atoms with Crippen LogP contribution in [0.5, 0.6) is 0 Å². The number of benzene rings is 1. The molecule has 4 heteroatoms. The van der Waals surface area contributed by atoms with Crippen molar-refractivity contribution in [2.45, 2.75) is 32.8 Å². The van der Waals surface area contributed by atoms with Crippen molar-refractivity contribution in [3.63, 3.8) is 0 Å². The lowest BCUT2D eigenvalue weighted by Gasteiger charge is -2.18. The maximum Gasteiger partial charge on any atom is 0.130 e. The van der Waals surface area contributed by atoms with Crippen LogP contribution in [0.4, 0.5) is 0 Å². The van der Waals surface area contributed by atoms with E-state index in [1.54, 1.807) is 7.11 Å². The molecule has 3 nitrogen and oxygen atoms in total. The Balaban J connectivity index is 2.35. The van der Waals surface area contributed by atoms with Gasteiger partial charge in [-0.2, -0.15) is 5.26 Å². The minimum atomic E-state index is 0.139. The highest BCUT2D eigenvalue weighted by atomic mass is 32.1. The van der Waals surface area contributed by atoms with Crippen LogP contribution in [0.25, 0.3) is 10.6 Å². The number of thiazole rings is 1. The first-order chi connectivity index (χ1) is 9.45. The topological polar surface area (TPSA) is 45.9 Å². The normalized spacial score (nSPS) is 11.3. The van der Waals surface area contributed by atoms with Gasteiger partial charge in [0.25, 0.3) is 0 Å². The van der Waals surface area contributed by atoms with Crippen molar-refractivity contribution >= 4 is 11.3 Å². The summed E-state index contributed by atoms with van der Waals surface area (Å²) < 4.78 is 5.08. The molecule has 0 unspecified atom stereocenters. The molecule has 2 rings (SSSR count). The van der Waals surface area contributed by atoms with E-state index in [-0.39, 0.29) is 5.41 Å². The monoisotopic (exact) mass is 286 g/mol. The van der Waals surface area contributed by atoms with Gasteiger partial charge in [-0.15, -0.1) is 11.3 Å². The van der Waals surface area contributed by atoms with Gasteiger partial charge in [-0.05, 0) is 11.0 Å². The second-order valence-corrected chi connectivity index (χ2v) is 6.67. The Morgan fingerprint density at radius 1 is 1.25 bits per heavy atom. The zero-order valence-electron chi connectivity index (χ0n) is 12.2. The molecule has 0 atom stereocenters. The van der Waals surface area contributed by atoms with Gasteiger partial charge in [-0.3, -0.25) is 0 Å². The molecule has 0 saturated heterocycles. The van der Waals surface area contributed by atoms with E-state index < -0.39 is 0 Å². The molecule has 0 bridgehead atoms. The summed E-state index contributed by atoms with van der Waals surface area (Å²) in [5.41, 5.74) is 3.19. The summed E-state index contributed by atoms with van der Waals surface area (Å²) >= 11 is 1.41. The third kappa shape index (κ3) is 3.06. The Bertz CT molecular complexity index is 630. The maximum atomic E-state index is 9.12. The van der Waals surface area contributed by atoms with Gasteiger partial charge in [-0.1, -0.05) is 45.0 Å². The van der Waals surface area contributed by atoms with E-state index in [9.17, 15) is 0 Å². The number of nitrogens with zero attached hydrogens (tertiary/aromatic N) is 2. The van der Waals surface area contributed by atoms with E-state index in [0.717, 1.165) is 16.3 Å². The van der Waals surface area contributed by atoms with Gasteiger partial charge >= 0.3 is 0 Å². The molecule has 104 valence electrons. The molecule has 0 amide bonds. The molecule has 20 heavy (non-hydrogen) atoms. The minimum Gasteiger partial charge on any atom is -0.378 e. The maximum absolute atomic E-state index is 9.12. The molecule has 0 aliphatic carbocycles. The lowest BCUT2D eigenvalue weighted by molar-refractivity contribution is 0.182. The smallest absolute Gasteiger partial charge is 0.130 e. The third-order valence-corrected chi connectivity index (χ3v) is 4.13. The van der Waals surface area contributed by atoms with Gasteiger partial charge < -0.3 is 4.74 Å². The van der Waals surface area contributed by atoms with Crippen molar-refractivity contribution in [1.29, 1.82) is 5.26 Å². The molecule has 1 heterocycles. The van der Waals surface area contributed by atoms with Crippen LogP contribution in [-0.2, 0) is 16.8 Å². The molecular formula is C16H18N2OS. The molecule has 1 aromatic heterocycles. The number of aromatic nitrogens is 1. The van der Waals surface area contributed by atoms with Gasteiger partial charge in [0.05, 0.1) is 12.3 Å². The van der Waals surface area contributed by atoms with E-state index >= 15 is 0 Å². The largest absolute Gasteiger partial charge is 0.378 e. The van der Waals surface area contributed by atoms with Crippen molar-refractivity contribution in [1.82, 2.24) is 4.98 Å². The van der Waals surface area contributed by atoms with Gasteiger partial charge in [0.1, 0.15) is 16.0 Å². The van der Waals surface area contributed by atoms with Crippen molar-refractivity contribution in [2.24, 2.45) is 0 Å². The molecule has 0 spiro atoms. The first-order valence-corrected chi connectivity index (χ1v) is 7.27. The second-order valence-electron chi connectivity index (χ2n) is 5.67. The van der Waals surface area contributed by atoms with Gasteiger partial charge in [0.15, 0.2) is 0 Å². The quantitative estimate of drug-likeness (QED) is 0.852. The fourth-order valence-corrected chi connectivity index (χ4v) is 2.78. The fraction of sp³-hybridized carbons (Fsp3) is 0.375. The van der Waals surface area contributed by atoms with E-state index in [4.69, 9.17) is 10.00 Å². The molecule has 0 aliphatic heterocycles. The zero-order valence-corrected chi connectivity index (χ0v) is 13.0. The fourth-order valence-electron chi connectivity index (χ4n) is 1.91. The Morgan fingerprint density at radius 2 is 1.90 bits per heavy atom. The van der Waals surface area contributed by atoms with Crippen LogP contribution in [0.2, 0.25) is 0 Å². The number of ether oxygens (including phenoxy) is 1. The van der Waals surface area contributed by atoms with Crippen LogP contribution in [0, 0.1) is 11.3 Å². The van der Waals surface area contributed by atoms with Crippen LogP contribution in [0.15, 0.2) is 24.3 Å². The molecule has 0 radical (unpaired) electrons.